The van der Waals surface area contributed by atoms with Gasteiger partial charge >= 0.3 is 0 Å². The van der Waals surface area contributed by atoms with Crippen molar-refractivity contribution < 1.29 is 17.9 Å². The van der Waals surface area contributed by atoms with Gasteiger partial charge in [0, 0.05) is 19.1 Å². The van der Waals surface area contributed by atoms with Crippen molar-refractivity contribution in [2.75, 3.05) is 0 Å². The van der Waals surface area contributed by atoms with Crippen molar-refractivity contribution in [2.45, 2.75) is 49.5 Å². The van der Waals surface area contributed by atoms with E-state index in [9.17, 15) is 18.5 Å². The molecule has 1 fully saturated rings. The molecule has 0 amide bonds. The highest BCUT2D eigenvalue weighted by atomic mass is 32.2. The van der Waals surface area contributed by atoms with Crippen molar-refractivity contribution in [3.05, 3.63) is 46.1 Å². The molecule has 1 N–H and O–H groups in total. The predicted molar refractivity (Wildman–Crippen MR) is 87.2 cm³/mol. The van der Waals surface area contributed by atoms with Crippen molar-refractivity contribution >= 4 is 15.7 Å². The van der Waals surface area contributed by atoms with Gasteiger partial charge in [0.1, 0.15) is 0 Å². The van der Waals surface area contributed by atoms with Crippen LogP contribution in [0.2, 0.25) is 0 Å². The molecule has 10 heteroatoms. The quantitative estimate of drug-likeness (QED) is 0.635. The summed E-state index contributed by atoms with van der Waals surface area (Å²) in [6.45, 7) is 1.65. The Morgan fingerprint density at radius 2 is 1.84 bits per heavy atom. The maximum Gasteiger partial charge on any atom is 0.269 e. The highest BCUT2D eigenvalue weighted by Crippen LogP contribution is 2.37. The number of non-ortho nitro benzene ring substituents is 1. The Balaban J connectivity index is 1.94. The smallest absolute Gasteiger partial charge is 0.269 e. The van der Waals surface area contributed by atoms with Crippen LogP contribution in [-0.2, 0) is 15.6 Å². The molecule has 1 aromatic carbocycles. The number of nitro groups is 1. The number of hydrogen-bond acceptors (Lipinski definition) is 7. The Morgan fingerprint density at radius 1 is 1.20 bits per heavy atom. The van der Waals surface area contributed by atoms with Gasteiger partial charge in [-0.15, -0.1) is 0 Å². The van der Waals surface area contributed by atoms with Crippen molar-refractivity contribution in [2.24, 2.45) is 0 Å². The molecule has 0 bridgehead atoms. The van der Waals surface area contributed by atoms with E-state index >= 15 is 0 Å². The maximum absolute atomic E-state index is 12.8. The van der Waals surface area contributed by atoms with Crippen molar-refractivity contribution in [1.29, 1.82) is 0 Å². The lowest BCUT2D eigenvalue weighted by Crippen LogP contribution is -2.47. The van der Waals surface area contributed by atoms with Gasteiger partial charge in [-0.25, -0.2) is 8.42 Å². The van der Waals surface area contributed by atoms with Crippen LogP contribution in [-0.4, -0.2) is 23.5 Å². The standard InChI is InChI=1S/C15H18N4O5S/c1-11-16-14(17-24-11)15(9-3-2-4-10-15)18-25(22,23)13-7-5-12(6-8-13)19(20)21/h5-8,18H,2-4,9-10H2,1H3. The van der Waals surface area contributed by atoms with Gasteiger partial charge in [0.05, 0.1) is 15.4 Å². The van der Waals surface area contributed by atoms with Gasteiger partial charge < -0.3 is 4.52 Å². The third kappa shape index (κ3) is 3.54. The van der Waals surface area contributed by atoms with Gasteiger partial charge in [-0.05, 0) is 25.0 Å². The van der Waals surface area contributed by atoms with Gasteiger partial charge in [-0.3, -0.25) is 10.1 Å². The van der Waals surface area contributed by atoms with E-state index in [1.54, 1.807) is 6.92 Å². The maximum atomic E-state index is 12.8. The monoisotopic (exact) mass is 366 g/mol. The van der Waals surface area contributed by atoms with E-state index in [-0.39, 0.29) is 10.6 Å². The molecular weight excluding hydrogens is 348 g/mol. The molecule has 1 saturated carbocycles. The summed E-state index contributed by atoms with van der Waals surface area (Å²) in [4.78, 5) is 14.3. The van der Waals surface area contributed by atoms with Crippen LogP contribution >= 0.6 is 0 Å². The lowest BCUT2D eigenvalue weighted by Gasteiger charge is -2.34. The van der Waals surface area contributed by atoms with E-state index in [2.05, 4.69) is 14.9 Å². The van der Waals surface area contributed by atoms with Gasteiger partial charge in [-0.1, -0.05) is 24.4 Å². The van der Waals surface area contributed by atoms with Crippen LogP contribution in [0.5, 0.6) is 0 Å². The second kappa shape index (κ2) is 6.52. The zero-order valence-electron chi connectivity index (χ0n) is 13.6. The number of rotatable bonds is 5. The molecule has 134 valence electrons. The Bertz CT molecular complexity index is 870. The first-order valence-corrected chi connectivity index (χ1v) is 9.40. The number of aromatic nitrogens is 2. The van der Waals surface area contributed by atoms with Crippen LogP contribution in [0.3, 0.4) is 0 Å². The number of nitro benzene ring substituents is 1. The first kappa shape index (κ1) is 17.5. The van der Waals surface area contributed by atoms with E-state index in [0.29, 0.717) is 24.6 Å². The first-order valence-electron chi connectivity index (χ1n) is 7.92. The fourth-order valence-corrected chi connectivity index (χ4v) is 4.51. The third-order valence-electron chi connectivity index (χ3n) is 4.35. The molecule has 0 radical (unpaired) electrons. The summed E-state index contributed by atoms with van der Waals surface area (Å²) in [5.74, 6) is 0.699. The highest BCUT2D eigenvalue weighted by molar-refractivity contribution is 7.89. The molecular formula is C15H18N4O5S. The summed E-state index contributed by atoms with van der Waals surface area (Å²) < 4.78 is 33.4. The SMILES string of the molecule is Cc1nc(C2(NS(=O)(=O)c3ccc([N+](=O)[O-])cc3)CCCCC2)no1. The second-order valence-corrected chi connectivity index (χ2v) is 7.82. The zero-order valence-corrected chi connectivity index (χ0v) is 14.5. The van der Waals surface area contributed by atoms with Crippen LogP contribution < -0.4 is 4.72 Å². The van der Waals surface area contributed by atoms with E-state index in [1.165, 1.54) is 24.3 Å². The molecule has 2 aromatic rings. The van der Waals surface area contributed by atoms with Crippen LogP contribution in [0, 0.1) is 17.0 Å². The van der Waals surface area contributed by atoms with Crippen molar-refractivity contribution in [3.8, 4) is 0 Å². The molecule has 3 rings (SSSR count). The number of sulfonamides is 1. The molecule has 0 saturated heterocycles. The van der Waals surface area contributed by atoms with Crippen LogP contribution in [0.15, 0.2) is 33.7 Å². The Morgan fingerprint density at radius 3 is 2.36 bits per heavy atom. The van der Waals surface area contributed by atoms with Crippen LogP contribution in [0.25, 0.3) is 0 Å². The molecule has 0 atom stereocenters. The Hall–Kier alpha value is -2.33. The van der Waals surface area contributed by atoms with Gasteiger partial charge in [-0.2, -0.15) is 9.71 Å². The number of benzene rings is 1. The summed E-state index contributed by atoms with van der Waals surface area (Å²) >= 11 is 0. The minimum atomic E-state index is -3.89. The molecule has 1 aliphatic carbocycles. The van der Waals surface area contributed by atoms with Gasteiger partial charge in [0.15, 0.2) is 5.82 Å². The van der Waals surface area contributed by atoms with Crippen LogP contribution in [0.1, 0.15) is 43.8 Å². The number of nitrogens with zero attached hydrogens (tertiary/aromatic N) is 3. The Labute approximate surface area is 144 Å². The molecule has 25 heavy (non-hydrogen) atoms. The average Bonchev–Trinajstić information content (AvgIpc) is 3.02. The summed E-state index contributed by atoms with van der Waals surface area (Å²) in [6, 6.07) is 4.78. The van der Waals surface area contributed by atoms with Crippen molar-refractivity contribution in [3.63, 3.8) is 0 Å². The normalized spacial score (nSPS) is 17.3. The van der Waals surface area contributed by atoms with E-state index in [4.69, 9.17) is 4.52 Å². The number of hydrogen-bond donors (Lipinski definition) is 1. The molecule has 0 spiro atoms. The lowest BCUT2D eigenvalue weighted by molar-refractivity contribution is -0.384. The largest absolute Gasteiger partial charge is 0.340 e. The average molecular weight is 366 g/mol. The lowest BCUT2D eigenvalue weighted by atomic mass is 9.82. The van der Waals surface area contributed by atoms with Crippen molar-refractivity contribution in [1.82, 2.24) is 14.9 Å². The van der Waals surface area contributed by atoms with E-state index in [0.717, 1.165) is 19.3 Å². The molecule has 1 heterocycles. The molecule has 0 unspecified atom stereocenters. The fourth-order valence-electron chi connectivity index (χ4n) is 3.08. The summed E-state index contributed by atoms with van der Waals surface area (Å²) in [6.07, 6.45) is 3.83. The number of aryl methyl sites for hydroxylation is 1. The highest BCUT2D eigenvalue weighted by Gasteiger charge is 2.42. The molecule has 0 aliphatic heterocycles. The predicted octanol–water partition coefficient (Wildman–Crippen LogP) is 2.42. The summed E-state index contributed by atoms with van der Waals surface area (Å²) in [7, 11) is -3.89. The second-order valence-electron chi connectivity index (χ2n) is 6.14. The molecule has 9 nitrogen and oxygen atoms in total. The first-order chi connectivity index (χ1) is 11.8. The van der Waals surface area contributed by atoms with Gasteiger partial charge in [0.2, 0.25) is 15.9 Å². The number of nitrogens with one attached hydrogen (secondary N) is 1. The topological polar surface area (TPSA) is 128 Å². The molecule has 1 aromatic heterocycles. The minimum absolute atomic E-state index is 0.0386. The fraction of sp³-hybridized carbons (Fsp3) is 0.467. The summed E-state index contributed by atoms with van der Waals surface area (Å²) in [5.41, 5.74) is -1.09. The Kier molecular flexibility index (Phi) is 4.56. The molecule has 1 aliphatic rings. The zero-order chi connectivity index (χ0) is 18.1. The summed E-state index contributed by atoms with van der Waals surface area (Å²) in [5, 5.41) is 14.7. The minimum Gasteiger partial charge on any atom is -0.340 e. The van der Waals surface area contributed by atoms with E-state index in [1.807, 2.05) is 0 Å². The van der Waals surface area contributed by atoms with Crippen LogP contribution in [0.4, 0.5) is 5.69 Å². The van der Waals surface area contributed by atoms with E-state index < -0.39 is 20.5 Å². The van der Waals surface area contributed by atoms with Gasteiger partial charge in [0.25, 0.3) is 5.69 Å². The third-order valence-corrected chi connectivity index (χ3v) is 5.90.